The van der Waals surface area contributed by atoms with Crippen molar-refractivity contribution < 1.29 is 10.2 Å². The second-order valence-corrected chi connectivity index (χ2v) is 7.70. The molecule has 1 unspecified atom stereocenters. The standard InChI is InChI=1S/C25H24ClNO2/c1-17(29)24-21-16-20(26)12-13-22(21)27(23(24)14-15-28)25(18-8-4-2-5-9-18)19-10-6-3-7-11-19/h2-13,16-17,25,28-29H,14-15H2,1H3. The molecule has 0 saturated carbocycles. The van der Waals surface area contributed by atoms with E-state index in [-0.39, 0.29) is 12.6 Å². The number of hydrogen-bond acceptors (Lipinski definition) is 2. The number of aliphatic hydroxyl groups is 2. The first-order valence-corrected chi connectivity index (χ1v) is 10.2. The van der Waals surface area contributed by atoms with Gasteiger partial charge in [0.05, 0.1) is 12.1 Å². The van der Waals surface area contributed by atoms with Crippen LogP contribution >= 0.6 is 11.6 Å². The van der Waals surface area contributed by atoms with Crippen molar-refractivity contribution in [3.63, 3.8) is 0 Å². The molecule has 0 aliphatic carbocycles. The minimum absolute atomic E-state index is 0.0000728. The van der Waals surface area contributed by atoms with Crippen molar-refractivity contribution in [1.82, 2.24) is 4.57 Å². The smallest absolute Gasteiger partial charge is 0.0842 e. The third-order valence-electron chi connectivity index (χ3n) is 5.37. The largest absolute Gasteiger partial charge is 0.396 e. The van der Waals surface area contributed by atoms with Crippen LogP contribution in [0, 0.1) is 0 Å². The molecule has 4 rings (SSSR count). The van der Waals surface area contributed by atoms with Gasteiger partial charge in [0.25, 0.3) is 0 Å². The van der Waals surface area contributed by atoms with Crippen LogP contribution in [0.15, 0.2) is 78.9 Å². The second kappa shape index (κ2) is 8.42. The minimum atomic E-state index is -0.675. The van der Waals surface area contributed by atoms with Crippen molar-refractivity contribution in [2.45, 2.75) is 25.5 Å². The molecule has 1 atom stereocenters. The first-order valence-electron chi connectivity index (χ1n) is 9.83. The lowest BCUT2D eigenvalue weighted by Gasteiger charge is -2.25. The Morgan fingerprint density at radius 1 is 0.897 bits per heavy atom. The fourth-order valence-electron chi connectivity index (χ4n) is 4.25. The van der Waals surface area contributed by atoms with Crippen LogP contribution in [0.1, 0.15) is 41.5 Å². The van der Waals surface area contributed by atoms with Crippen LogP contribution in [-0.2, 0) is 6.42 Å². The van der Waals surface area contributed by atoms with Gasteiger partial charge < -0.3 is 14.8 Å². The Balaban J connectivity index is 2.10. The SMILES string of the molecule is CC(O)c1c(CCO)n(C(c2ccccc2)c2ccccc2)c2ccc(Cl)cc12. The first kappa shape index (κ1) is 19.7. The first-order chi connectivity index (χ1) is 14.1. The highest BCUT2D eigenvalue weighted by Gasteiger charge is 2.26. The van der Waals surface area contributed by atoms with E-state index in [0.717, 1.165) is 33.3 Å². The molecule has 0 bridgehead atoms. The molecule has 0 aliphatic rings. The molecule has 0 aliphatic heterocycles. The average Bonchev–Trinajstić information content (AvgIpc) is 3.03. The number of fused-ring (bicyclic) bond motifs is 1. The van der Waals surface area contributed by atoms with Crippen LogP contribution in [0.5, 0.6) is 0 Å². The summed E-state index contributed by atoms with van der Waals surface area (Å²) in [7, 11) is 0. The highest BCUT2D eigenvalue weighted by atomic mass is 35.5. The van der Waals surface area contributed by atoms with Gasteiger partial charge in [-0.2, -0.15) is 0 Å². The molecule has 4 aromatic rings. The fraction of sp³-hybridized carbons (Fsp3) is 0.200. The summed E-state index contributed by atoms with van der Waals surface area (Å²) in [6.07, 6.45) is -0.228. The van der Waals surface area contributed by atoms with Crippen molar-refractivity contribution in [2.75, 3.05) is 6.61 Å². The molecular weight excluding hydrogens is 382 g/mol. The van der Waals surface area contributed by atoms with Crippen LogP contribution in [-0.4, -0.2) is 21.4 Å². The van der Waals surface area contributed by atoms with E-state index >= 15 is 0 Å². The highest BCUT2D eigenvalue weighted by Crippen LogP contribution is 2.39. The Morgan fingerprint density at radius 3 is 2.00 bits per heavy atom. The monoisotopic (exact) mass is 405 g/mol. The number of aliphatic hydroxyl groups excluding tert-OH is 2. The third kappa shape index (κ3) is 3.69. The molecule has 0 amide bonds. The lowest BCUT2D eigenvalue weighted by molar-refractivity contribution is 0.198. The van der Waals surface area contributed by atoms with Crippen LogP contribution in [0.4, 0.5) is 0 Å². The van der Waals surface area contributed by atoms with Crippen molar-refractivity contribution >= 4 is 22.5 Å². The van der Waals surface area contributed by atoms with Gasteiger partial charge in [0.15, 0.2) is 0 Å². The van der Waals surface area contributed by atoms with Gasteiger partial charge >= 0.3 is 0 Å². The molecule has 0 fully saturated rings. The van der Waals surface area contributed by atoms with Crippen LogP contribution in [0.3, 0.4) is 0 Å². The Bertz CT molecular complexity index is 1060. The van der Waals surface area contributed by atoms with E-state index in [1.807, 2.05) is 54.6 Å². The topological polar surface area (TPSA) is 45.4 Å². The highest BCUT2D eigenvalue weighted by molar-refractivity contribution is 6.31. The number of nitrogens with zero attached hydrogens (tertiary/aromatic N) is 1. The average molecular weight is 406 g/mol. The number of rotatable bonds is 6. The zero-order chi connectivity index (χ0) is 20.4. The van der Waals surface area contributed by atoms with Crippen molar-refractivity contribution in [3.8, 4) is 0 Å². The van der Waals surface area contributed by atoms with E-state index in [4.69, 9.17) is 11.6 Å². The minimum Gasteiger partial charge on any atom is -0.396 e. The molecule has 29 heavy (non-hydrogen) atoms. The lowest BCUT2D eigenvalue weighted by Crippen LogP contribution is -2.16. The molecule has 1 heterocycles. The van der Waals surface area contributed by atoms with Crippen LogP contribution in [0.2, 0.25) is 5.02 Å². The molecule has 3 aromatic carbocycles. The van der Waals surface area contributed by atoms with E-state index in [0.29, 0.717) is 11.4 Å². The summed E-state index contributed by atoms with van der Waals surface area (Å²) in [4.78, 5) is 0. The quantitative estimate of drug-likeness (QED) is 0.443. The number of aromatic nitrogens is 1. The van der Waals surface area contributed by atoms with Crippen molar-refractivity contribution in [2.24, 2.45) is 0 Å². The van der Waals surface area contributed by atoms with Gasteiger partial charge in [0.1, 0.15) is 0 Å². The maximum atomic E-state index is 10.6. The normalized spacial score (nSPS) is 12.6. The summed E-state index contributed by atoms with van der Waals surface area (Å²) in [5, 5.41) is 22.0. The summed E-state index contributed by atoms with van der Waals surface area (Å²) >= 11 is 6.31. The van der Waals surface area contributed by atoms with E-state index in [1.165, 1.54) is 0 Å². The molecule has 0 spiro atoms. The van der Waals surface area contributed by atoms with Gasteiger partial charge in [-0.15, -0.1) is 0 Å². The third-order valence-corrected chi connectivity index (χ3v) is 5.60. The fourth-order valence-corrected chi connectivity index (χ4v) is 4.42. The van der Waals surface area contributed by atoms with Gasteiger partial charge in [-0.25, -0.2) is 0 Å². The number of halogens is 1. The Hall–Kier alpha value is -2.59. The number of hydrogen-bond donors (Lipinski definition) is 2. The van der Waals surface area contributed by atoms with Gasteiger partial charge in [-0.1, -0.05) is 72.3 Å². The molecule has 148 valence electrons. The zero-order valence-corrected chi connectivity index (χ0v) is 17.1. The van der Waals surface area contributed by atoms with Gasteiger partial charge in [-0.05, 0) is 36.2 Å². The van der Waals surface area contributed by atoms with Gasteiger partial charge in [0, 0.05) is 40.2 Å². The Labute approximate surface area is 175 Å². The zero-order valence-electron chi connectivity index (χ0n) is 16.3. The summed E-state index contributed by atoms with van der Waals surface area (Å²) in [5.41, 5.74) is 5.03. The van der Waals surface area contributed by atoms with E-state index < -0.39 is 6.10 Å². The molecule has 2 N–H and O–H groups in total. The summed E-state index contributed by atoms with van der Waals surface area (Å²) in [6, 6.07) is 26.3. The predicted molar refractivity (Wildman–Crippen MR) is 118 cm³/mol. The maximum Gasteiger partial charge on any atom is 0.0842 e. The molecule has 0 saturated heterocycles. The van der Waals surface area contributed by atoms with Crippen molar-refractivity contribution in [1.29, 1.82) is 0 Å². The molecular formula is C25H24ClNO2. The molecule has 0 radical (unpaired) electrons. The predicted octanol–water partition coefficient (Wildman–Crippen LogP) is 5.52. The van der Waals surface area contributed by atoms with Gasteiger partial charge in [-0.3, -0.25) is 0 Å². The maximum absolute atomic E-state index is 10.6. The van der Waals surface area contributed by atoms with Crippen molar-refractivity contribution in [3.05, 3.63) is 106 Å². The second-order valence-electron chi connectivity index (χ2n) is 7.27. The van der Waals surface area contributed by atoms with Gasteiger partial charge in [0.2, 0.25) is 0 Å². The Kier molecular flexibility index (Phi) is 5.72. The Morgan fingerprint density at radius 2 is 1.48 bits per heavy atom. The van der Waals surface area contributed by atoms with Crippen LogP contribution in [0.25, 0.3) is 10.9 Å². The van der Waals surface area contributed by atoms with E-state index in [2.05, 4.69) is 28.8 Å². The summed E-state index contributed by atoms with van der Waals surface area (Å²) in [5.74, 6) is 0. The molecule has 4 heteroatoms. The lowest BCUT2D eigenvalue weighted by atomic mass is 9.97. The molecule has 3 nitrogen and oxygen atoms in total. The van der Waals surface area contributed by atoms with E-state index in [1.54, 1.807) is 6.92 Å². The number of benzene rings is 3. The molecule has 1 aromatic heterocycles. The summed E-state index contributed by atoms with van der Waals surface area (Å²) < 4.78 is 2.24. The summed E-state index contributed by atoms with van der Waals surface area (Å²) in [6.45, 7) is 1.76. The van der Waals surface area contributed by atoms with E-state index in [9.17, 15) is 10.2 Å². The van der Waals surface area contributed by atoms with Crippen LogP contribution < -0.4 is 0 Å².